The average molecular weight is 498 g/mol. The average Bonchev–Trinajstić information content (AvgIpc) is 2.50. The van der Waals surface area contributed by atoms with Crippen molar-refractivity contribution in [1.29, 1.82) is 0 Å². The van der Waals surface area contributed by atoms with Crippen molar-refractivity contribution in [2.24, 2.45) is 0 Å². The van der Waals surface area contributed by atoms with Crippen LogP contribution in [0.5, 0.6) is 0 Å². The highest BCUT2D eigenvalue weighted by atomic mass is 32.3. The summed E-state index contributed by atoms with van der Waals surface area (Å²) < 4.78 is 109. The van der Waals surface area contributed by atoms with Gasteiger partial charge < -0.3 is 14.7 Å². The standard InChI is InChI=1S/C11H25N2O2.C2HF6NO4S2/c1-10-9-13(3,5-7-15)11(2)8-12(10)4-6-14;3-1(4,5)14(10,11)9-15(12,13)2(6,7)8/h10-11,14-15H,4-9H2,1-3H3;9H/q+1;. The van der Waals surface area contributed by atoms with Crippen molar-refractivity contribution in [3.05, 3.63) is 0 Å². The summed E-state index contributed by atoms with van der Waals surface area (Å²) in [4.78, 5) is 2.34. The maximum Gasteiger partial charge on any atom is 0.512 e. The van der Waals surface area contributed by atoms with Crippen molar-refractivity contribution >= 4 is 20.0 Å². The van der Waals surface area contributed by atoms with Crippen LogP contribution in [0.25, 0.3) is 0 Å². The number of nitrogens with zero attached hydrogens (tertiary/aromatic N) is 2. The highest BCUT2D eigenvalue weighted by Crippen LogP contribution is 2.27. The van der Waals surface area contributed by atoms with Crippen LogP contribution in [0.2, 0.25) is 0 Å². The van der Waals surface area contributed by atoms with Crippen molar-refractivity contribution in [2.45, 2.75) is 36.9 Å². The fourth-order valence-corrected chi connectivity index (χ4v) is 4.75. The molecule has 1 fully saturated rings. The highest BCUT2D eigenvalue weighted by Gasteiger charge is 2.55. The van der Waals surface area contributed by atoms with Crippen molar-refractivity contribution in [1.82, 2.24) is 9.03 Å². The molecule has 1 heterocycles. The quantitative estimate of drug-likeness (QED) is 0.342. The first-order valence-electron chi connectivity index (χ1n) is 8.45. The van der Waals surface area contributed by atoms with Crippen LogP contribution >= 0.6 is 0 Å². The smallest absolute Gasteiger partial charge is 0.395 e. The number of hydrogen-bond acceptors (Lipinski definition) is 7. The molecule has 0 radical (unpaired) electrons. The van der Waals surface area contributed by atoms with Crippen molar-refractivity contribution < 1.29 is 57.9 Å². The summed E-state index contributed by atoms with van der Waals surface area (Å²) in [6.07, 6.45) is 0. The molecule has 3 N–H and O–H groups in total. The molecule has 3 unspecified atom stereocenters. The number of rotatable bonds is 6. The van der Waals surface area contributed by atoms with Crippen LogP contribution in [0, 0.1) is 0 Å². The van der Waals surface area contributed by atoms with Gasteiger partial charge in [0.05, 0.1) is 45.4 Å². The molecule has 1 aliphatic heterocycles. The van der Waals surface area contributed by atoms with Gasteiger partial charge in [-0.2, -0.15) is 26.3 Å². The van der Waals surface area contributed by atoms with E-state index in [0.717, 1.165) is 30.7 Å². The minimum absolute atomic E-state index is 0.237. The van der Waals surface area contributed by atoms with Gasteiger partial charge in [-0.15, -0.1) is 0 Å². The number of β-amino-alcohol motifs (C(OH)–C–C–N with tert-alkyl or cyclic N) is 1. The summed E-state index contributed by atoms with van der Waals surface area (Å²) in [5.41, 5.74) is -12.3. The van der Waals surface area contributed by atoms with E-state index >= 15 is 0 Å². The van der Waals surface area contributed by atoms with E-state index in [2.05, 4.69) is 25.8 Å². The third kappa shape index (κ3) is 7.76. The monoisotopic (exact) mass is 498 g/mol. The molecule has 0 aromatic heterocycles. The van der Waals surface area contributed by atoms with Gasteiger partial charge in [-0.05, 0) is 13.8 Å². The summed E-state index contributed by atoms with van der Waals surface area (Å²) in [5, 5.41) is 18.1. The van der Waals surface area contributed by atoms with Crippen LogP contribution in [-0.2, 0) is 20.0 Å². The lowest BCUT2D eigenvalue weighted by molar-refractivity contribution is -0.938. The molecule has 17 heteroatoms. The lowest BCUT2D eigenvalue weighted by Crippen LogP contribution is -2.66. The van der Waals surface area contributed by atoms with Crippen LogP contribution < -0.4 is 4.13 Å². The highest BCUT2D eigenvalue weighted by molar-refractivity contribution is 8.05. The molecule has 0 spiro atoms. The Morgan fingerprint density at radius 3 is 1.73 bits per heavy atom. The normalized spacial score (nSPS) is 26.8. The zero-order valence-electron chi connectivity index (χ0n) is 16.4. The second-order valence-corrected chi connectivity index (χ2v) is 10.6. The number of quaternary nitrogens is 1. The molecule has 0 aromatic carbocycles. The second-order valence-electron chi connectivity index (χ2n) is 7.01. The maximum absolute atomic E-state index is 11.5. The molecular formula is C13H26F6N3O6S2+. The van der Waals surface area contributed by atoms with E-state index in [-0.39, 0.29) is 13.2 Å². The Kier molecular flexibility index (Phi) is 10.0. The summed E-state index contributed by atoms with van der Waals surface area (Å²) in [6, 6.07) is 1.02. The molecule has 1 saturated heterocycles. The van der Waals surface area contributed by atoms with Crippen molar-refractivity contribution in [3.8, 4) is 0 Å². The molecule has 182 valence electrons. The molecule has 0 amide bonds. The predicted octanol–water partition coefficient (Wildman–Crippen LogP) is -0.215. The zero-order valence-corrected chi connectivity index (χ0v) is 18.0. The Morgan fingerprint density at radius 1 is 0.967 bits per heavy atom. The van der Waals surface area contributed by atoms with E-state index in [1.165, 1.54) is 0 Å². The Balaban J connectivity index is 0.000000561. The maximum atomic E-state index is 11.5. The van der Waals surface area contributed by atoms with Crippen LogP contribution in [0.1, 0.15) is 13.8 Å². The fraction of sp³-hybridized carbons (Fsp3) is 1.00. The molecule has 3 atom stereocenters. The first kappa shape index (κ1) is 29.3. The Hall–Kier alpha value is -0.720. The zero-order chi connectivity index (χ0) is 24.2. The SMILES string of the molecule is CC1C[N+](C)(CCO)C(C)CN1CCO.O=S(=O)(NS(=O)(=O)C(F)(F)F)C(F)(F)F. The number of nitrogens with one attached hydrogen (secondary N) is 1. The molecule has 0 aromatic rings. The lowest BCUT2D eigenvalue weighted by atomic mass is 10.1. The van der Waals surface area contributed by atoms with Crippen molar-refractivity contribution in [3.63, 3.8) is 0 Å². The van der Waals surface area contributed by atoms with E-state index in [4.69, 9.17) is 10.2 Å². The van der Waals surface area contributed by atoms with E-state index in [9.17, 15) is 43.2 Å². The van der Waals surface area contributed by atoms with Gasteiger partial charge in [-0.1, -0.05) is 4.13 Å². The van der Waals surface area contributed by atoms with E-state index in [1.54, 1.807) is 0 Å². The number of hydrogen-bond donors (Lipinski definition) is 3. The Labute approximate surface area is 171 Å². The first-order valence-corrected chi connectivity index (χ1v) is 11.4. The first-order chi connectivity index (χ1) is 13.2. The van der Waals surface area contributed by atoms with E-state index < -0.39 is 35.2 Å². The van der Waals surface area contributed by atoms with Crippen LogP contribution in [0.15, 0.2) is 0 Å². The van der Waals surface area contributed by atoms with E-state index in [1.807, 2.05) is 0 Å². The molecule has 1 aliphatic rings. The van der Waals surface area contributed by atoms with Gasteiger partial charge in [-0.25, -0.2) is 16.8 Å². The molecule has 0 bridgehead atoms. The van der Waals surface area contributed by atoms with E-state index in [0.29, 0.717) is 12.1 Å². The number of alkyl halides is 6. The number of likely N-dealkylation sites (N-methyl/N-ethyl adjacent to an activating group) is 1. The lowest BCUT2D eigenvalue weighted by Gasteiger charge is -2.49. The third-order valence-electron chi connectivity index (χ3n) is 4.69. The molecule has 30 heavy (non-hydrogen) atoms. The van der Waals surface area contributed by atoms with Crippen LogP contribution in [-0.4, -0.2) is 106 Å². The molecule has 0 aliphatic carbocycles. The molecule has 9 nitrogen and oxygen atoms in total. The van der Waals surface area contributed by atoms with Gasteiger partial charge >= 0.3 is 31.1 Å². The summed E-state index contributed by atoms with van der Waals surface area (Å²) in [7, 11) is -11.0. The van der Waals surface area contributed by atoms with Gasteiger partial charge in [0, 0.05) is 6.54 Å². The summed E-state index contributed by atoms with van der Waals surface area (Å²) >= 11 is 0. The van der Waals surface area contributed by atoms with Gasteiger partial charge in [0.1, 0.15) is 6.54 Å². The minimum atomic E-state index is -6.60. The van der Waals surface area contributed by atoms with Gasteiger partial charge in [0.2, 0.25) is 0 Å². The number of sulfonamides is 2. The Bertz CT molecular complexity index is 716. The summed E-state index contributed by atoms with van der Waals surface area (Å²) in [5.74, 6) is 0. The van der Waals surface area contributed by atoms with Crippen molar-refractivity contribution in [2.75, 3.05) is 46.4 Å². The second kappa shape index (κ2) is 10.3. The van der Waals surface area contributed by atoms with Gasteiger partial charge in [0.15, 0.2) is 0 Å². The minimum Gasteiger partial charge on any atom is -0.395 e. The largest absolute Gasteiger partial charge is 0.512 e. The summed E-state index contributed by atoms with van der Waals surface area (Å²) in [6.45, 7) is 8.60. The third-order valence-corrected chi connectivity index (χ3v) is 7.67. The van der Waals surface area contributed by atoms with Gasteiger partial charge in [-0.3, -0.25) is 4.90 Å². The topological polar surface area (TPSA) is 124 Å². The van der Waals surface area contributed by atoms with Crippen LogP contribution in [0.3, 0.4) is 0 Å². The number of aliphatic hydroxyl groups excluding tert-OH is 2. The molecular weight excluding hydrogens is 472 g/mol. The predicted molar refractivity (Wildman–Crippen MR) is 93.7 cm³/mol. The van der Waals surface area contributed by atoms with Crippen LogP contribution in [0.4, 0.5) is 26.3 Å². The number of halogens is 6. The number of piperazine rings is 1. The van der Waals surface area contributed by atoms with Gasteiger partial charge in [0.25, 0.3) is 0 Å². The molecule has 1 rings (SSSR count). The molecule has 0 saturated carbocycles. The fourth-order valence-electron chi connectivity index (χ4n) is 2.83. The number of aliphatic hydroxyl groups is 2. The Morgan fingerprint density at radius 2 is 1.40 bits per heavy atom.